The average Bonchev–Trinajstić information content (AvgIpc) is 3.22. The van der Waals surface area contributed by atoms with Crippen LogP contribution >= 0.6 is 0 Å². The SMILES string of the molecule is O=C(c1conc1C1CC1)N1CCN(c2nc3ccccc3[nH]2)CC1. The van der Waals surface area contributed by atoms with Gasteiger partial charge in [-0.25, -0.2) is 4.98 Å². The van der Waals surface area contributed by atoms with Crippen molar-refractivity contribution < 1.29 is 9.32 Å². The van der Waals surface area contributed by atoms with E-state index in [-0.39, 0.29) is 5.91 Å². The molecule has 0 radical (unpaired) electrons. The lowest BCUT2D eigenvalue weighted by atomic mass is 10.1. The largest absolute Gasteiger partial charge is 0.364 e. The molecule has 3 aromatic rings. The molecule has 2 fully saturated rings. The Bertz CT molecular complexity index is 885. The first-order chi connectivity index (χ1) is 12.3. The van der Waals surface area contributed by atoms with Crippen molar-refractivity contribution in [2.45, 2.75) is 18.8 Å². The van der Waals surface area contributed by atoms with Crippen molar-refractivity contribution in [2.24, 2.45) is 0 Å². The third-order valence-corrected chi connectivity index (χ3v) is 5.04. The third kappa shape index (κ3) is 2.56. The summed E-state index contributed by atoms with van der Waals surface area (Å²) in [4.78, 5) is 24.9. The summed E-state index contributed by atoms with van der Waals surface area (Å²) in [7, 11) is 0. The number of carbonyl (C=O) groups is 1. The van der Waals surface area contributed by atoms with E-state index in [1.165, 1.54) is 6.26 Å². The summed E-state index contributed by atoms with van der Waals surface area (Å²) >= 11 is 0. The predicted octanol–water partition coefficient (Wildman–Crippen LogP) is 2.39. The molecular weight excluding hydrogens is 318 g/mol. The van der Waals surface area contributed by atoms with Gasteiger partial charge in [0.25, 0.3) is 5.91 Å². The number of anilines is 1. The molecule has 1 aliphatic heterocycles. The number of amides is 1. The van der Waals surface area contributed by atoms with Gasteiger partial charge in [0.05, 0.1) is 16.7 Å². The van der Waals surface area contributed by atoms with Crippen molar-refractivity contribution in [2.75, 3.05) is 31.1 Å². The van der Waals surface area contributed by atoms with Gasteiger partial charge in [-0.05, 0) is 25.0 Å². The smallest absolute Gasteiger partial charge is 0.259 e. The highest BCUT2D eigenvalue weighted by atomic mass is 16.5. The van der Waals surface area contributed by atoms with E-state index >= 15 is 0 Å². The lowest BCUT2D eigenvalue weighted by molar-refractivity contribution is 0.0744. The predicted molar refractivity (Wildman–Crippen MR) is 92.7 cm³/mol. The Hall–Kier alpha value is -2.83. The summed E-state index contributed by atoms with van der Waals surface area (Å²) < 4.78 is 5.06. The fraction of sp³-hybridized carbons (Fsp3) is 0.389. The first kappa shape index (κ1) is 14.5. The number of fused-ring (bicyclic) bond motifs is 1. The topological polar surface area (TPSA) is 78.3 Å². The molecule has 1 aromatic carbocycles. The molecule has 3 heterocycles. The molecule has 5 rings (SSSR count). The molecule has 0 spiro atoms. The number of piperazine rings is 1. The van der Waals surface area contributed by atoms with E-state index in [0.717, 1.165) is 48.6 Å². The molecule has 25 heavy (non-hydrogen) atoms. The summed E-state index contributed by atoms with van der Waals surface area (Å²) in [5, 5.41) is 4.03. The van der Waals surface area contributed by atoms with Crippen LogP contribution in [0, 0.1) is 0 Å². The fourth-order valence-corrected chi connectivity index (χ4v) is 3.44. The normalized spacial score (nSPS) is 18.1. The second-order valence-corrected chi connectivity index (χ2v) is 6.74. The fourth-order valence-electron chi connectivity index (χ4n) is 3.44. The van der Waals surface area contributed by atoms with E-state index in [9.17, 15) is 4.79 Å². The minimum Gasteiger partial charge on any atom is -0.364 e. The third-order valence-electron chi connectivity index (χ3n) is 5.04. The number of carbonyl (C=O) groups excluding carboxylic acids is 1. The molecule has 1 N–H and O–H groups in total. The number of para-hydroxylation sites is 2. The number of H-pyrrole nitrogens is 1. The van der Waals surface area contributed by atoms with E-state index in [0.29, 0.717) is 24.6 Å². The van der Waals surface area contributed by atoms with Crippen LogP contribution in [0.5, 0.6) is 0 Å². The second-order valence-electron chi connectivity index (χ2n) is 6.74. The van der Waals surface area contributed by atoms with Crippen LogP contribution in [0.1, 0.15) is 34.8 Å². The van der Waals surface area contributed by atoms with Crippen LogP contribution in [-0.4, -0.2) is 52.1 Å². The molecule has 0 bridgehead atoms. The molecule has 1 amide bonds. The summed E-state index contributed by atoms with van der Waals surface area (Å²) in [5.74, 6) is 1.32. The van der Waals surface area contributed by atoms with Crippen molar-refractivity contribution in [1.82, 2.24) is 20.0 Å². The molecule has 2 aromatic heterocycles. The van der Waals surface area contributed by atoms with E-state index in [1.807, 2.05) is 29.2 Å². The monoisotopic (exact) mass is 337 g/mol. The van der Waals surface area contributed by atoms with E-state index in [1.54, 1.807) is 0 Å². The maximum atomic E-state index is 12.8. The van der Waals surface area contributed by atoms with Gasteiger partial charge >= 0.3 is 0 Å². The molecule has 7 heteroatoms. The maximum absolute atomic E-state index is 12.8. The number of aromatic amines is 1. The number of hydrogen-bond donors (Lipinski definition) is 1. The highest BCUT2D eigenvalue weighted by Gasteiger charge is 2.34. The number of benzene rings is 1. The van der Waals surface area contributed by atoms with Gasteiger partial charge in [0.1, 0.15) is 11.8 Å². The first-order valence-corrected chi connectivity index (χ1v) is 8.73. The lowest BCUT2D eigenvalue weighted by Crippen LogP contribution is -2.49. The molecule has 0 atom stereocenters. The van der Waals surface area contributed by atoms with E-state index in [2.05, 4.69) is 20.0 Å². The molecule has 128 valence electrons. The Balaban J connectivity index is 1.29. The first-order valence-electron chi connectivity index (χ1n) is 8.73. The van der Waals surface area contributed by atoms with Crippen molar-refractivity contribution in [1.29, 1.82) is 0 Å². The van der Waals surface area contributed by atoms with Crippen LogP contribution in [0.15, 0.2) is 35.1 Å². The number of hydrogen-bond acceptors (Lipinski definition) is 5. The molecule has 1 saturated heterocycles. The van der Waals surface area contributed by atoms with Gasteiger partial charge in [0.15, 0.2) is 0 Å². The second kappa shape index (κ2) is 5.61. The minimum absolute atomic E-state index is 0.0346. The molecular formula is C18H19N5O2. The molecule has 1 saturated carbocycles. The van der Waals surface area contributed by atoms with Crippen LogP contribution < -0.4 is 4.90 Å². The maximum Gasteiger partial charge on any atom is 0.259 e. The Labute approximate surface area is 144 Å². The van der Waals surface area contributed by atoms with E-state index in [4.69, 9.17) is 4.52 Å². The number of nitrogens with zero attached hydrogens (tertiary/aromatic N) is 4. The zero-order valence-corrected chi connectivity index (χ0v) is 13.8. The quantitative estimate of drug-likeness (QED) is 0.794. The summed E-state index contributed by atoms with van der Waals surface area (Å²) in [6.45, 7) is 2.86. The van der Waals surface area contributed by atoms with Gasteiger partial charge in [-0.3, -0.25) is 4.79 Å². The summed E-state index contributed by atoms with van der Waals surface area (Å²) in [5.41, 5.74) is 3.48. The highest BCUT2D eigenvalue weighted by Crippen LogP contribution is 2.41. The summed E-state index contributed by atoms with van der Waals surface area (Å²) in [6.07, 6.45) is 3.71. The zero-order chi connectivity index (χ0) is 16.8. The number of aromatic nitrogens is 3. The Morgan fingerprint density at radius 1 is 1.16 bits per heavy atom. The Morgan fingerprint density at radius 3 is 2.72 bits per heavy atom. The number of rotatable bonds is 3. The van der Waals surface area contributed by atoms with Crippen LogP contribution in [-0.2, 0) is 0 Å². The standard InChI is InChI=1S/C18H19N5O2/c24-17(13-11-25-21-16(13)12-5-6-12)22-7-9-23(10-8-22)18-19-14-3-1-2-4-15(14)20-18/h1-4,11-12H,5-10H2,(H,19,20). The molecule has 1 aliphatic carbocycles. The Morgan fingerprint density at radius 2 is 1.96 bits per heavy atom. The van der Waals surface area contributed by atoms with Gasteiger partial charge < -0.3 is 19.3 Å². The molecule has 2 aliphatic rings. The minimum atomic E-state index is 0.0346. The Kier molecular flexibility index (Phi) is 3.26. The van der Waals surface area contributed by atoms with Crippen LogP contribution in [0.25, 0.3) is 11.0 Å². The molecule has 0 unspecified atom stereocenters. The highest BCUT2D eigenvalue weighted by molar-refractivity contribution is 5.95. The van der Waals surface area contributed by atoms with Crippen molar-refractivity contribution >= 4 is 22.9 Å². The number of imidazole rings is 1. The van der Waals surface area contributed by atoms with Gasteiger partial charge in [-0.15, -0.1) is 0 Å². The van der Waals surface area contributed by atoms with Crippen LogP contribution in [0.2, 0.25) is 0 Å². The van der Waals surface area contributed by atoms with E-state index < -0.39 is 0 Å². The zero-order valence-electron chi connectivity index (χ0n) is 13.8. The average molecular weight is 337 g/mol. The summed E-state index contributed by atoms with van der Waals surface area (Å²) in [6, 6.07) is 8.01. The lowest BCUT2D eigenvalue weighted by Gasteiger charge is -2.34. The van der Waals surface area contributed by atoms with Gasteiger partial charge in [-0.2, -0.15) is 0 Å². The van der Waals surface area contributed by atoms with Crippen molar-refractivity contribution in [3.63, 3.8) is 0 Å². The molecule has 7 nitrogen and oxygen atoms in total. The number of nitrogens with one attached hydrogen (secondary N) is 1. The van der Waals surface area contributed by atoms with Crippen LogP contribution in [0.3, 0.4) is 0 Å². The van der Waals surface area contributed by atoms with Crippen molar-refractivity contribution in [3.05, 3.63) is 41.8 Å². The van der Waals surface area contributed by atoms with Crippen molar-refractivity contribution in [3.8, 4) is 0 Å². The van der Waals surface area contributed by atoms with Crippen LogP contribution in [0.4, 0.5) is 5.95 Å². The van der Waals surface area contributed by atoms with Gasteiger partial charge in [-0.1, -0.05) is 17.3 Å². The van der Waals surface area contributed by atoms with Gasteiger partial charge in [0, 0.05) is 32.1 Å². The van der Waals surface area contributed by atoms with Gasteiger partial charge in [0.2, 0.25) is 5.95 Å².